The van der Waals surface area contributed by atoms with Gasteiger partial charge < -0.3 is 33.3 Å². The number of unbranched alkanes of at least 4 members (excludes halogenated alkanes) is 23. The van der Waals surface area contributed by atoms with Crippen LogP contribution in [0.3, 0.4) is 0 Å². The molecule has 2 atom stereocenters. The standard InChI is InChI=1S/C74H123NO8/c1-6-8-10-12-14-16-18-20-22-24-26-28-30-31-32-33-34-35-36-37-38-39-40-41-43-45-47-49-51-53-55-57-59-61-63-65-72(77)83-70(69-82-74(73(78)79)80-67-66-75(3,4)5)68-81-71(76)64-62-60-58-56-54-52-50-48-46-44-42-29-27-25-23-21-19-17-15-13-11-9-7-2/h8,10,14,16,19-22,25-28,31-32,34-35,37-38,40-42,44,70,74H,6-7,9,11-13,15,17-18,23-24,29-30,33,36,39,43,45-69H2,1-5H3/b10-8-,16-14-,21-19-,22-20-,27-25-,28-26-,32-31-,35-34-,38-37-,41-40-,44-42-. The lowest BCUT2D eigenvalue weighted by molar-refractivity contribution is -0.870. The van der Waals surface area contributed by atoms with E-state index in [-0.39, 0.29) is 38.6 Å². The Balaban J connectivity index is 4.21. The number of esters is 2. The Kier molecular flexibility index (Phi) is 60.0. The third kappa shape index (κ3) is 64.8. The molecule has 472 valence electrons. The molecule has 0 rings (SSSR count). The largest absolute Gasteiger partial charge is 0.545 e. The molecule has 9 heteroatoms. The van der Waals surface area contributed by atoms with Gasteiger partial charge in [0.05, 0.1) is 40.3 Å². The van der Waals surface area contributed by atoms with Gasteiger partial charge in [-0.25, -0.2) is 0 Å². The van der Waals surface area contributed by atoms with E-state index in [1.807, 2.05) is 21.1 Å². The summed E-state index contributed by atoms with van der Waals surface area (Å²) in [5, 5.41) is 11.8. The molecule has 0 aromatic carbocycles. The van der Waals surface area contributed by atoms with E-state index in [0.717, 1.165) is 122 Å². The Morgan fingerprint density at radius 2 is 0.687 bits per heavy atom. The van der Waals surface area contributed by atoms with E-state index in [0.29, 0.717) is 17.4 Å². The number of hydrogen-bond donors (Lipinski definition) is 0. The fraction of sp³-hybridized carbons (Fsp3) is 0.662. The van der Waals surface area contributed by atoms with Crippen LogP contribution in [0.2, 0.25) is 0 Å². The zero-order valence-corrected chi connectivity index (χ0v) is 53.8. The first-order valence-electron chi connectivity index (χ1n) is 33.3. The van der Waals surface area contributed by atoms with Crippen molar-refractivity contribution in [2.75, 3.05) is 47.5 Å². The molecule has 9 nitrogen and oxygen atoms in total. The predicted molar refractivity (Wildman–Crippen MR) is 352 cm³/mol. The number of nitrogens with zero attached hydrogens (tertiary/aromatic N) is 1. The normalized spacial score (nSPS) is 13.6. The lowest BCUT2D eigenvalue weighted by atomic mass is 10.0. The fourth-order valence-corrected chi connectivity index (χ4v) is 8.79. The number of likely N-dealkylation sites (N-methyl/N-ethyl adjacent to an activating group) is 1. The molecule has 0 aromatic heterocycles. The van der Waals surface area contributed by atoms with Gasteiger partial charge in [0, 0.05) is 12.8 Å². The molecular weight excluding hydrogens is 1030 g/mol. The predicted octanol–water partition coefficient (Wildman–Crippen LogP) is 19.2. The highest BCUT2D eigenvalue weighted by Crippen LogP contribution is 2.15. The van der Waals surface area contributed by atoms with Gasteiger partial charge in [0.2, 0.25) is 0 Å². The minimum absolute atomic E-state index is 0.139. The molecule has 2 unspecified atom stereocenters. The first-order chi connectivity index (χ1) is 40.6. The van der Waals surface area contributed by atoms with Crippen LogP contribution in [-0.2, 0) is 33.3 Å². The SMILES string of the molecule is CC/C=C\C/C=C\C/C=C\C/C=C\C/C=C\C/C=C\C/C=C\C/C=C\CCCCCCCCCCCCC(=O)OC(COC(=O)CCCCCCCCCC/C=C\C/C=C\C/C=C\CCCCCCC)COC(OCC[N+](C)(C)C)C(=O)[O-]. The topological polar surface area (TPSA) is 111 Å². The minimum Gasteiger partial charge on any atom is -0.545 e. The van der Waals surface area contributed by atoms with Gasteiger partial charge in [0.15, 0.2) is 12.4 Å². The van der Waals surface area contributed by atoms with E-state index >= 15 is 0 Å². The summed E-state index contributed by atoms with van der Waals surface area (Å²) >= 11 is 0. The highest BCUT2D eigenvalue weighted by molar-refractivity contribution is 5.70. The Morgan fingerprint density at radius 3 is 1.02 bits per heavy atom. The monoisotopic (exact) mass is 1150 g/mol. The van der Waals surface area contributed by atoms with Crippen LogP contribution in [0.25, 0.3) is 0 Å². The summed E-state index contributed by atoms with van der Waals surface area (Å²) < 4.78 is 22.8. The first-order valence-corrected chi connectivity index (χ1v) is 33.3. The van der Waals surface area contributed by atoms with Crippen molar-refractivity contribution in [1.29, 1.82) is 0 Å². The van der Waals surface area contributed by atoms with Gasteiger partial charge in [-0.15, -0.1) is 0 Å². The Morgan fingerprint density at radius 1 is 0.373 bits per heavy atom. The number of carbonyl (C=O) groups is 3. The summed E-state index contributed by atoms with van der Waals surface area (Å²) in [5.74, 6) is -2.31. The maximum atomic E-state index is 12.9. The lowest BCUT2D eigenvalue weighted by Gasteiger charge is -2.26. The van der Waals surface area contributed by atoms with Crippen molar-refractivity contribution < 1.29 is 42.9 Å². The number of ether oxygens (including phenoxy) is 4. The number of hydrogen-bond acceptors (Lipinski definition) is 8. The molecule has 0 aromatic rings. The quantitative estimate of drug-likeness (QED) is 0.0195. The summed E-state index contributed by atoms with van der Waals surface area (Å²) in [5.41, 5.74) is 0. The maximum absolute atomic E-state index is 12.9. The van der Waals surface area contributed by atoms with Crippen molar-refractivity contribution in [1.82, 2.24) is 0 Å². The minimum atomic E-state index is -1.63. The highest BCUT2D eigenvalue weighted by Gasteiger charge is 2.22. The first kappa shape index (κ1) is 78.4. The maximum Gasteiger partial charge on any atom is 0.306 e. The summed E-state index contributed by atoms with van der Waals surface area (Å²) in [7, 11) is 5.92. The third-order valence-corrected chi connectivity index (χ3v) is 13.9. The third-order valence-electron chi connectivity index (χ3n) is 13.9. The molecule has 0 N–H and O–H groups in total. The average molecular weight is 1150 g/mol. The summed E-state index contributed by atoms with van der Waals surface area (Å²) in [6.45, 7) is 4.61. The number of rotatable bonds is 60. The van der Waals surface area contributed by atoms with Crippen molar-refractivity contribution in [3.05, 3.63) is 134 Å². The van der Waals surface area contributed by atoms with Gasteiger partial charge in [-0.05, 0) is 116 Å². The Hall–Kier alpha value is -4.57. The van der Waals surface area contributed by atoms with Gasteiger partial charge in [0.25, 0.3) is 0 Å². The number of carbonyl (C=O) groups excluding carboxylic acids is 3. The van der Waals surface area contributed by atoms with Crippen molar-refractivity contribution in [3.63, 3.8) is 0 Å². The van der Waals surface area contributed by atoms with E-state index in [9.17, 15) is 19.5 Å². The lowest BCUT2D eigenvalue weighted by Crippen LogP contribution is -2.44. The van der Waals surface area contributed by atoms with Crippen LogP contribution in [0.15, 0.2) is 134 Å². The molecule has 0 bridgehead atoms. The second-order valence-electron chi connectivity index (χ2n) is 23.0. The molecule has 83 heavy (non-hydrogen) atoms. The number of carboxylic acid groups (broad SMARTS) is 1. The van der Waals surface area contributed by atoms with E-state index in [4.69, 9.17) is 18.9 Å². The smallest absolute Gasteiger partial charge is 0.306 e. The number of carboxylic acids is 1. The van der Waals surface area contributed by atoms with Crippen LogP contribution >= 0.6 is 0 Å². The fourth-order valence-electron chi connectivity index (χ4n) is 8.79. The van der Waals surface area contributed by atoms with Gasteiger partial charge in [0.1, 0.15) is 13.2 Å². The van der Waals surface area contributed by atoms with E-state index in [1.165, 1.54) is 103 Å². The molecule has 0 aliphatic heterocycles. The zero-order chi connectivity index (χ0) is 60.5. The number of aliphatic carboxylic acids is 1. The average Bonchev–Trinajstić information content (AvgIpc) is 3.46. The molecule has 0 fully saturated rings. The number of allylic oxidation sites excluding steroid dienone is 22. The van der Waals surface area contributed by atoms with Gasteiger partial charge in [-0.1, -0.05) is 263 Å². The summed E-state index contributed by atoms with van der Waals surface area (Å²) in [6, 6.07) is 0. The molecule has 0 saturated carbocycles. The van der Waals surface area contributed by atoms with Crippen LogP contribution in [0, 0.1) is 0 Å². The van der Waals surface area contributed by atoms with Crippen molar-refractivity contribution >= 4 is 17.9 Å². The summed E-state index contributed by atoms with van der Waals surface area (Å²) in [4.78, 5) is 37.4. The Bertz CT molecular complexity index is 1820. The molecule has 0 spiro atoms. The molecule has 0 saturated heterocycles. The zero-order valence-electron chi connectivity index (χ0n) is 53.8. The van der Waals surface area contributed by atoms with Gasteiger partial charge in [-0.3, -0.25) is 9.59 Å². The highest BCUT2D eigenvalue weighted by atomic mass is 16.7. The van der Waals surface area contributed by atoms with Crippen molar-refractivity contribution in [2.45, 2.75) is 270 Å². The van der Waals surface area contributed by atoms with Gasteiger partial charge >= 0.3 is 11.9 Å². The van der Waals surface area contributed by atoms with Crippen LogP contribution in [0.5, 0.6) is 0 Å². The number of quaternary nitrogens is 1. The van der Waals surface area contributed by atoms with Gasteiger partial charge in [-0.2, -0.15) is 0 Å². The molecule has 0 amide bonds. The second kappa shape index (κ2) is 63.5. The summed E-state index contributed by atoms with van der Waals surface area (Å²) in [6.07, 6.45) is 87.9. The van der Waals surface area contributed by atoms with Crippen molar-refractivity contribution in [2.24, 2.45) is 0 Å². The van der Waals surface area contributed by atoms with E-state index in [1.54, 1.807) is 0 Å². The van der Waals surface area contributed by atoms with E-state index < -0.39 is 24.3 Å². The molecule has 0 aliphatic carbocycles. The molecule has 0 aliphatic rings. The van der Waals surface area contributed by atoms with E-state index in [2.05, 4.69) is 148 Å². The van der Waals surface area contributed by atoms with Crippen molar-refractivity contribution in [3.8, 4) is 0 Å². The van der Waals surface area contributed by atoms with Crippen LogP contribution in [0.1, 0.15) is 258 Å². The molecular formula is C74H123NO8. The second-order valence-corrected chi connectivity index (χ2v) is 23.0. The van der Waals surface area contributed by atoms with Crippen LogP contribution in [0.4, 0.5) is 0 Å². The van der Waals surface area contributed by atoms with Crippen LogP contribution < -0.4 is 5.11 Å². The Labute approximate surface area is 509 Å². The van der Waals surface area contributed by atoms with Crippen LogP contribution in [-0.4, -0.2) is 82.3 Å². The molecule has 0 heterocycles. The molecule has 0 radical (unpaired) electrons.